The van der Waals surface area contributed by atoms with Crippen molar-refractivity contribution in [2.75, 3.05) is 19.8 Å². The van der Waals surface area contributed by atoms with Crippen molar-refractivity contribution in [3.05, 3.63) is 60.2 Å². The predicted molar refractivity (Wildman–Crippen MR) is 138 cm³/mol. The Kier molecular flexibility index (Phi) is 6.76. The second-order valence-electron chi connectivity index (χ2n) is 10.4. The zero-order chi connectivity index (χ0) is 25.5. The number of benzene rings is 1. The Morgan fingerprint density at radius 2 is 1.86 bits per heavy atom. The van der Waals surface area contributed by atoms with Gasteiger partial charge in [0.25, 0.3) is 0 Å². The lowest BCUT2D eigenvalue weighted by Gasteiger charge is -2.39. The van der Waals surface area contributed by atoms with Gasteiger partial charge < -0.3 is 19.6 Å². The van der Waals surface area contributed by atoms with Crippen LogP contribution < -0.4 is 0 Å². The highest BCUT2D eigenvalue weighted by molar-refractivity contribution is 8.02. The number of esters is 1. The number of carbonyl (C=O) groups is 3. The van der Waals surface area contributed by atoms with Gasteiger partial charge in [-0.25, -0.2) is 0 Å². The van der Waals surface area contributed by atoms with E-state index in [1.54, 1.807) is 16.7 Å². The SMILES string of the molecule is C[C@H](CO)N1C(=O)[C@@H]2[C@@H]3C(=O)OCCCC/C=C\[C@]3(C)S[C@@]23C=CCN(Cc2ccccc2)C(=O)C13. The molecule has 5 rings (SSSR count). The van der Waals surface area contributed by atoms with Crippen LogP contribution in [0.2, 0.25) is 0 Å². The standard InChI is InChI=1S/C28H34N2O5S/c1-19(18-31)30-23-25(33)29(17-20-11-6-5-7-12-20)15-10-14-28(23)21(24(30)32)22-26(34)35-16-9-4-3-8-13-27(22,2)36-28/h5-8,10-14,19,21-23,31H,3-4,9,15-18H2,1-2H3/b13-8-/t19-,21+,22-,23?,27+,28+/m1/s1. The monoisotopic (exact) mass is 510 g/mol. The van der Waals surface area contributed by atoms with Crippen molar-refractivity contribution in [3.8, 4) is 0 Å². The molecule has 0 saturated carbocycles. The highest BCUT2D eigenvalue weighted by Crippen LogP contribution is 2.65. The van der Waals surface area contributed by atoms with Gasteiger partial charge in [0.1, 0.15) is 6.04 Å². The summed E-state index contributed by atoms with van der Waals surface area (Å²) >= 11 is 1.54. The summed E-state index contributed by atoms with van der Waals surface area (Å²) in [6.07, 6.45) is 10.7. The van der Waals surface area contributed by atoms with E-state index in [1.807, 2.05) is 49.4 Å². The molecule has 0 aromatic heterocycles. The van der Waals surface area contributed by atoms with Crippen LogP contribution in [0.1, 0.15) is 38.7 Å². The molecule has 1 N–H and O–H groups in total. The van der Waals surface area contributed by atoms with Crippen molar-refractivity contribution in [3.63, 3.8) is 0 Å². The molecule has 1 aromatic rings. The lowest BCUT2D eigenvalue weighted by molar-refractivity contribution is -0.154. The second kappa shape index (κ2) is 9.71. The van der Waals surface area contributed by atoms with E-state index in [0.29, 0.717) is 19.7 Å². The quantitative estimate of drug-likeness (QED) is 0.495. The molecule has 0 aliphatic carbocycles. The third-order valence-electron chi connectivity index (χ3n) is 7.98. The van der Waals surface area contributed by atoms with Crippen LogP contribution in [0.5, 0.6) is 0 Å². The van der Waals surface area contributed by atoms with Gasteiger partial charge in [0.2, 0.25) is 11.8 Å². The maximum Gasteiger partial charge on any atom is 0.311 e. The largest absolute Gasteiger partial charge is 0.465 e. The van der Waals surface area contributed by atoms with Gasteiger partial charge in [-0.2, -0.15) is 0 Å². The van der Waals surface area contributed by atoms with Gasteiger partial charge in [0, 0.05) is 17.8 Å². The molecule has 1 unspecified atom stereocenters. The Hall–Kier alpha value is -2.58. The molecule has 36 heavy (non-hydrogen) atoms. The van der Waals surface area contributed by atoms with E-state index in [9.17, 15) is 19.5 Å². The van der Waals surface area contributed by atoms with E-state index in [1.165, 1.54) is 11.8 Å². The molecule has 1 spiro atoms. The molecule has 1 aromatic carbocycles. The minimum absolute atomic E-state index is 0.155. The zero-order valence-electron chi connectivity index (χ0n) is 20.8. The number of amides is 2. The van der Waals surface area contributed by atoms with E-state index < -0.39 is 33.4 Å². The number of nitrogens with zero attached hydrogens (tertiary/aromatic N) is 2. The number of thioether (sulfide) groups is 1. The molecule has 7 nitrogen and oxygen atoms in total. The number of ether oxygens (including phenoxy) is 1. The molecule has 4 heterocycles. The molecule has 4 aliphatic heterocycles. The van der Waals surface area contributed by atoms with Crippen LogP contribution >= 0.6 is 11.8 Å². The number of aliphatic hydroxyl groups is 1. The van der Waals surface area contributed by atoms with Crippen LogP contribution in [0.3, 0.4) is 0 Å². The normalized spacial score (nSPS) is 36.0. The molecule has 0 bridgehead atoms. The van der Waals surface area contributed by atoms with E-state index in [0.717, 1.165) is 24.8 Å². The van der Waals surface area contributed by atoms with Gasteiger partial charge in [-0.3, -0.25) is 14.4 Å². The number of likely N-dealkylation sites (tertiary alicyclic amines) is 1. The third-order valence-corrected chi connectivity index (χ3v) is 9.77. The number of allylic oxidation sites excluding steroid dienone is 1. The van der Waals surface area contributed by atoms with E-state index in [4.69, 9.17) is 4.74 Å². The van der Waals surface area contributed by atoms with Crippen molar-refractivity contribution in [1.82, 2.24) is 9.80 Å². The topological polar surface area (TPSA) is 87.2 Å². The first-order chi connectivity index (χ1) is 17.3. The fraction of sp³-hybridized carbons (Fsp3) is 0.536. The molecular formula is C28H34N2O5S. The smallest absolute Gasteiger partial charge is 0.311 e. The van der Waals surface area contributed by atoms with Crippen molar-refractivity contribution in [2.45, 2.75) is 61.2 Å². The molecular weight excluding hydrogens is 476 g/mol. The Bertz CT molecular complexity index is 1090. The third kappa shape index (κ3) is 3.98. The van der Waals surface area contributed by atoms with E-state index in [-0.39, 0.29) is 24.4 Å². The average molecular weight is 511 g/mol. The highest BCUT2D eigenvalue weighted by Gasteiger charge is 2.74. The van der Waals surface area contributed by atoms with Crippen LogP contribution in [-0.4, -0.2) is 74.0 Å². The van der Waals surface area contributed by atoms with Gasteiger partial charge in [-0.05, 0) is 38.7 Å². The zero-order valence-corrected chi connectivity index (χ0v) is 21.7. The summed E-state index contributed by atoms with van der Waals surface area (Å²) < 4.78 is 4.06. The summed E-state index contributed by atoms with van der Waals surface area (Å²) in [5.41, 5.74) is 1.00. The van der Waals surface area contributed by atoms with E-state index in [2.05, 4.69) is 12.2 Å². The van der Waals surface area contributed by atoms with Crippen LogP contribution in [-0.2, 0) is 25.7 Å². The van der Waals surface area contributed by atoms with Gasteiger partial charge in [-0.15, -0.1) is 11.8 Å². The number of fused-ring (bicyclic) bond motifs is 2. The Morgan fingerprint density at radius 3 is 2.61 bits per heavy atom. The van der Waals surface area contributed by atoms with Gasteiger partial charge in [0.15, 0.2) is 0 Å². The van der Waals surface area contributed by atoms with Crippen molar-refractivity contribution in [2.24, 2.45) is 11.8 Å². The number of cyclic esters (lactones) is 1. The Morgan fingerprint density at radius 1 is 1.08 bits per heavy atom. The molecule has 0 radical (unpaired) electrons. The average Bonchev–Trinajstić information content (AvgIpc) is 3.21. The number of aliphatic hydroxyl groups excluding tert-OH is 1. The molecule has 8 heteroatoms. The van der Waals surface area contributed by atoms with Crippen LogP contribution in [0.25, 0.3) is 0 Å². The number of hydrogen-bond donors (Lipinski definition) is 1. The number of rotatable bonds is 4. The lowest BCUT2D eigenvalue weighted by atomic mass is 9.74. The highest BCUT2D eigenvalue weighted by atomic mass is 32.2. The summed E-state index contributed by atoms with van der Waals surface area (Å²) in [4.78, 5) is 45.2. The lowest BCUT2D eigenvalue weighted by Crippen LogP contribution is -2.56. The molecule has 4 aliphatic rings. The molecule has 2 saturated heterocycles. The van der Waals surface area contributed by atoms with Crippen molar-refractivity contribution < 1.29 is 24.2 Å². The Labute approximate surface area is 216 Å². The van der Waals surface area contributed by atoms with Gasteiger partial charge >= 0.3 is 5.97 Å². The van der Waals surface area contributed by atoms with Gasteiger partial charge in [-0.1, -0.05) is 54.6 Å². The molecule has 192 valence electrons. The van der Waals surface area contributed by atoms with Crippen molar-refractivity contribution in [1.29, 1.82) is 0 Å². The fourth-order valence-electron chi connectivity index (χ4n) is 6.29. The van der Waals surface area contributed by atoms with Crippen LogP contribution in [0.15, 0.2) is 54.6 Å². The second-order valence-corrected chi connectivity index (χ2v) is 12.2. The van der Waals surface area contributed by atoms with Crippen molar-refractivity contribution >= 4 is 29.5 Å². The minimum atomic E-state index is -0.931. The summed E-state index contributed by atoms with van der Waals surface area (Å²) in [5, 5.41) is 10.1. The number of carbonyl (C=O) groups excluding carboxylic acids is 3. The maximum atomic E-state index is 14.2. The summed E-state index contributed by atoms with van der Waals surface area (Å²) in [5.74, 6) is -2.27. The Balaban J connectivity index is 1.61. The number of hydrogen-bond acceptors (Lipinski definition) is 6. The van der Waals surface area contributed by atoms with Crippen LogP contribution in [0, 0.1) is 11.8 Å². The maximum absolute atomic E-state index is 14.2. The summed E-state index contributed by atoms with van der Waals surface area (Å²) in [7, 11) is 0. The first kappa shape index (κ1) is 25.1. The van der Waals surface area contributed by atoms with E-state index >= 15 is 0 Å². The predicted octanol–water partition coefficient (Wildman–Crippen LogP) is 2.94. The first-order valence-electron chi connectivity index (χ1n) is 12.8. The first-order valence-corrected chi connectivity index (χ1v) is 13.6. The molecule has 6 atom stereocenters. The van der Waals surface area contributed by atoms with Crippen LogP contribution in [0.4, 0.5) is 0 Å². The fourth-order valence-corrected chi connectivity index (χ4v) is 8.43. The molecule has 2 fully saturated rings. The minimum Gasteiger partial charge on any atom is -0.465 e. The van der Waals surface area contributed by atoms with Gasteiger partial charge in [0.05, 0.1) is 35.8 Å². The summed E-state index contributed by atoms with van der Waals surface area (Å²) in [6.45, 7) is 4.64. The molecule has 2 amide bonds. The summed E-state index contributed by atoms with van der Waals surface area (Å²) in [6, 6.07) is 8.40.